The summed E-state index contributed by atoms with van der Waals surface area (Å²) in [6.45, 7) is 8.82. The van der Waals surface area contributed by atoms with Crippen molar-refractivity contribution in [3.05, 3.63) is 64.7 Å². The average Bonchev–Trinajstić information content (AvgIpc) is 3.28. The Morgan fingerprint density at radius 3 is 2.56 bits per heavy atom. The lowest BCUT2D eigenvalue weighted by Gasteiger charge is -2.16. The number of nitrogens with one attached hydrogen (secondary N) is 2. The Kier molecular flexibility index (Phi) is 5.52. The monoisotopic (exact) mass is 432 g/mol. The topological polar surface area (TPSA) is 110 Å². The third kappa shape index (κ3) is 4.12. The van der Waals surface area contributed by atoms with Gasteiger partial charge in [-0.3, -0.25) is 9.59 Å². The Balaban J connectivity index is 1.69. The number of rotatable bonds is 5. The van der Waals surface area contributed by atoms with Crippen LogP contribution < -0.4 is 10.6 Å². The van der Waals surface area contributed by atoms with Gasteiger partial charge in [-0.05, 0) is 57.5 Å². The molecule has 2 N–H and O–H groups in total. The summed E-state index contributed by atoms with van der Waals surface area (Å²) in [5, 5.41) is 10.4. The molecule has 1 aromatic carbocycles. The third-order valence-electron chi connectivity index (χ3n) is 5.23. The van der Waals surface area contributed by atoms with E-state index >= 15 is 0 Å². The van der Waals surface area contributed by atoms with Gasteiger partial charge in [0.25, 0.3) is 11.6 Å². The molecular weight excluding hydrogens is 408 g/mol. The maximum absolute atomic E-state index is 13.3. The molecule has 164 valence electrons. The van der Waals surface area contributed by atoms with Crippen LogP contribution in [0.3, 0.4) is 0 Å². The SMILES string of the molecule is CC(=O)Nc1cccc(C(C)NC(=O)c2cc(-c3cc(C)oc3C)nc3onc(C)c23)c1. The van der Waals surface area contributed by atoms with Gasteiger partial charge in [-0.25, -0.2) is 4.98 Å². The standard InChI is InChI=1S/C24H24N4O4/c1-12-9-19(15(4)31-12)21-11-20(22-14(3)28-32-24(22)27-21)23(30)25-13(2)17-7-6-8-18(10-17)26-16(5)29/h6-11,13H,1-5H3,(H,25,30)(H,26,29). The number of benzene rings is 1. The molecule has 1 atom stereocenters. The second kappa shape index (κ2) is 8.30. The molecule has 8 nitrogen and oxygen atoms in total. The summed E-state index contributed by atoms with van der Waals surface area (Å²) in [5.41, 5.74) is 4.21. The minimum atomic E-state index is -0.305. The Hall–Kier alpha value is -3.94. The summed E-state index contributed by atoms with van der Waals surface area (Å²) in [4.78, 5) is 29.2. The summed E-state index contributed by atoms with van der Waals surface area (Å²) in [6, 6.07) is 10.7. The zero-order valence-corrected chi connectivity index (χ0v) is 18.6. The number of pyridine rings is 1. The van der Waals surface area contributed by atoms with E-state index < -0.39 is 0 Å². The molecule has 0 aliphatic rings. The number of hydrogen-bond acceptors (Lipinski definition) is 6. The Morgan fingerprint density at radius 2 is 1.88 bits per heavy atom. The second-order valence-corrected chi connectivity index (χ2v) is 7.83. The molecule has 0 saturated carbocycles. The number of amides is 2. The van der Waals surface area contributed by atoms with Crippen molar-refractivity contribution in [2.75, 3.05) is 5.32 Å². The molecule has 2 amide bonds. The molecule has 0 saturated heterocycles. The largest absolute Gasteiger partial charge is 0.466 e. The van der Waals surface area contributed by atoms with E-state index in [-0.39, 0.29) is 17.9 Å². The lowest BCUT2D eigenvalue weighted by Crippen LogP contribution is -2.27. The summed E-state index contributed by atoms with van der Waals surface area (Å²) < 4.78 is 11.0. The van der Waals surface area contributed by atoms with E-state index in [1.165, 1.54) is 6.92 Å². The van der Waals surface area contributed by atoms with Crippen LogP contribution in [0.4, 0.5) is 5.69 Å². The molecular formula is C24H24N4O4. The minimum absolute atomic E-state index is 0.154. The van der Waals surface area contributed by atoms with Crippen LogP contribution >= 0.6 is 0 Å². The van der Waals surface area contributed by atoms with E-state index in [2.05, 4.69) is 20.8 Å². The number of fused-ring (bicyclic) bond motifs is 1. The van der Waals surface area contributed by atoms with E-state index in [1.807, 2.05) is 45.0 Å². The van der Waals surface area contributed by atoms with Gasteiger partial charge in [-0.1, -0.05) is 17.3 Å². The maximum atomic E-state index is 13.3. The summed E-state index contributed by atoms with van der Waals surface area (Å²) in [6.07, 6.45) is 0. The smallest absolute Gasteiger partial charge is 0.259 e. The molecule has 3 heterocycles. The number of anilines is 1. The lowest BCUT2D eigenvalue weighted by molar-refractivity contribution is -0.114. The van der Waals surface area contributed by atoms with Crippen molar-refractivity contribution >= 4 is 28.6 Å². The van der Waals surface area contributed by atoms with E-state index in [1.54, 1.807) is 19.1 Å². The highest BCUT2D eigenvalue weighted by molar-refractivity contribution is 6.07. The van der Waals surface area contributed by atoms with Crippen molar-refractivity contribution < 1.29 is 18.5 Å². The van der Waals surface area contributed by atoms with Crippen LogP contribution in [0.15, 0.2) is 45.3 Å². The number of carbonyl (C=O) groups is 2. The first-order valence-corrected chi connectivity index (χ1v) is 10.3. The lowest BCUT2D eigenvalue weighted by atomic mass is 10.0. The van der Waals surface area contributed by atoms with Crippen molar-refractivity contribution in [3.8, 4) is 11.3 Å². The fraction of sp³-hybridized carbons (Fsp3) is 0.250. The second-order valence-electron chi connectivity index (χ2n) is 7.83. The van der Waals surface area contributed by atoms with Crippen molar-refractivity contribution in [1.82, 2.24) is 15.5 Å². The van der Waals surface area contributed by atoms with Gasteiger partial charge >= 0.3 is 0 Å². The van der Waals surface area contributed by atoms with Crippen LogP contribution in [0.5, 0.6) is 0 Å². The third-order valence-corrected chi connectivity index (χ3v) is 5.23. The molecule has 3 aromatic heterocycles. The van der Waals surface area contributed by atoms with Crippen LogP contribution in [-0.2, 0) is 4.79 Å². The quantitative estimate of drug-likeness (QED) is 0.466. The van der Waals surface area contributed by atoms with Crippen LogP contribution in [0, 0.1) is 20.8 Å². The Bertz CT molecular complexity index is 1340. The zero-order valence-electron chi connectivity index (χ0n) is 18.6. The zero-order chi connectivity index (χ0) is 23.0. The first-order chi connectivity index (χ1) is 15.2. The van der Waals surface area contributed by atoms with Gasteiger partial charge in [0.15, 0.2) is 0 Å². The van der Waals surface area contributed by atoms with Crippen molar-refractivity contribution in [3.63, 3.8) is 0 Å². The van der Waals surface area contributed by atoms with Gasteiger partial charge in [0.2, 0.25) is 5.91 Å². The van der Waals surface area contributed by atoms with Gasteiger partial charge in [0, 0.05) is 18.2 Å². The number of aryl methyl sites for hydroxylation is 3. The first-order valence-electron chi connectivity index (χ1n) is 10.3. The fourth-order valence-electron chi connectivity index (χ4n) is 3.74. The number of nitrogens with zero attached hydrogens (tertiary/aromatic N) is 2. The average molecular weight is 432 g/mol. The summed E-state index contributed by atoms with van der Waals surface area (Å²) >= 11 is 0. The van der Waals surface area contributed by atoms with Gasteiger partial charge in [-0.15, -0.1) is 0 Å². The van der Waals surface area contributed by atoms with E-state index in [0.717, 1.165) is 16.9 Å². The van der Waals surface area contributed by atoms with Crippen LogP contribution in [-0.4, -0.2) is 22.0 Å². The highest BCUT2D eigenvalue weighted by atomic mass is 16.5. The van der Waals surface area contributed by atoms with Gasteiger partial charge in [0.05, 0.1) is 28.4 Å². The molecule has 0 spiro atoms. The van der Waals surface area contributed by atoms with E-state index in [0.29, 0.717) is 39.5 Å². The van der Waals surface area contributed by atoms with Crippen LogP contribution in [0.1, 0.15) is 53.0 Å². The maximum Gasteiger partial charge on any atom is 0.259 e. The van der Waals surface area contributed by atoms with Gasteiger partial charge < -0.3 is 19.6 Å². The van der Waals surface area contributed by atoms with Gasteiger partial charge in [0.1, 0.15) is 11.5 Å². The summed E-state index contributed by atoms with van der Waals surface area (Å²) in [7, 11) is 0. The normalized spacial score (nSPS) is 12.0. The Labute approximate surface area is 185 Å². The van der Waals surface area contributed by atoms with Crippen molar-refractivity contribution in [1.29, 1.82) is 0 Å². The number of furan rings is 1. The molecule has 0 fully saturated rings. The predicted molar refractivity (Wildman–Crippen MR) is 120 cm³/mol. The van der Waals surface area contributed by atoms with E-state index in [9.17, 15) is 9.59 Å². The minimum Gasteiger partial charge on any atom is -0.466 e. The van der Waals surface area contributed by atoms with E-state index in [4.69, 9.17) is 8.94 Å². The van der Waals surface area contributed by atoms with Crippen LogP contribution in [0.2, 0.25) is 0 Å². The molecule has 0 bridgehead atoms. The molecule has 0 aliphatic carbocycles. The molecule has 0 radical (unpaired) electrons. The Morgan fingerprint density at radius 1 is 1.09 bits per heavy atom. The molecule has 32 heavy (non-hydrogen) atoms. The highest BCUT2D eigenvalue weighted by Gasteiger charge is 2.22. The molecule has 4 rings (SSSR count). The number of aromatic nitrogens is 2. The molecule has 0 aliphatic heterocycles. The van der Waals surface area contributed by atoms with Crippen LogP contribution in [0.25, 0.3) is 22.4 Å². The van der Waals surface area contributed by atoms with Crippen molar-refractivity contribution in [2.45, 2.75) is 40.7 Å². The first kappa shape index (κ1) is 21.3. The van der Waals surface area contributed by atoms with Gasteiger partial charge in [-0.2, -0.15) is 0 Å². The number of carbonyl (C=O) groups excluding carboxylic acids is 2. The fourth-order valence-corrected chi connectivity index (χ4v) is 3.74. The molecule has 8 heteroatoms. The predicted octanol–water partition coefficient (Wildman–Crippen LogP) is 4.86. The number of hydrogen-bond donors (Lipinski definition) is 2. The van der Waals surface area contributed by atoms with Crippen molar-refractivity contribution in [2.24, 2.45) is 0 Å². The highest BCUT2D eigenvalue weighted by Crippen LogP contribution is 2.31. The molecule has 4 aromatic rings. The summed E-state index contributed by atoms with van der Waals surface area (Å²) in [5.74, 6) is 1.03. The molecule has 1 unspecified atom stereocenters.